The molecule has 0 aliphatic carbocycles. The minimum Gasteiger partial charge on any atom is -0.481 e. The van der Waals surface area contributed by atoms with Gasteiger partial charge >= 0.3 is 12.1 Å². The first-order valence-corrected chi connectivity index (χ1v) is 9.52. The van der Waals surface area contributed by atoms with E-state index in [2.05, 4.69) is 5.32 Å². The Bertz CT molecular complexity index is 902. The summed E-state index contributed by atoms with van der Waals surface area (Å²) in [6.07, 6.45) is -3.43. The Balaban J connectivity index is 2.21. The maximum atomic E-state index is 13.1. The van der Waals surface area contributed by atoms with Gasteiger partial charge in [-0.05, 0) is 49.1 Å². The highest BCUT2D eigenvalue weighted by atomic mass is 35.5. The predicted octanol–water partition coefficient (Wildman–Crippen LogP) is 6.64. The van der Waals surface area contributed by atoms with E-state index in [-0.39, 0.29) is 30.8 Å². The lowest BCUT2D eigenvalue weighted by atomic mass is 9.99. The molecule has 0 saturated carbocycles. The van der Waals surface area contributed by atoms with E-state index in [0.29, 0.717) is 34.0 Å². The van der Waals surface area contributed by atoms with Gasteiger partial charge in [0.1, 0.15) is 0 Å². The number of hydrogen-bond acceptors (Lipinski definition) is 3. The Morgan fingerprint density at radius 3 is 2.38 bits per heavy atom. The number of carboxylic acids is 1. The van der Waals surface area contributed by atoms with Crippen molar-refractivity contribution in [2.45, 2.75) is 38.4 Å². The minimum atomic E-state index is -4.52. The Morgan fingerprint density at radius 1 is 1.07 bits per heavy atom. The van der Waals surface area contributed by atoms with Crippen molar-refractivity contribution in [3.05, 3.63) is 63.1 Å². The van der Waals surface area contributed by atoms with E-state index in [1.54, 1.807) is 12.1 Å². The van der Waals surface area contributed by atoms with Gasteiger partial charge in [0.15, 0.2) is 0 Å². The largest absolute Gasteiger partial charge is 0.481 e. The Hall–Kier alpha value is -2.25. The summed E-state index contributed by atoms with van der Waals surface area (Å²) in [6, 6.07) is 7.99. The molecule has 9 heteroatoms. The van der Waals surface area contributed by atoms with Crippen molar-refractivity contribution in [1.82, 2.24) is 0 Å². The number of unbranched alkanes of at least 4 members (excludes halogenated alkanes) is 1. The molecule has 0 fully saturated rings. The van der Waals surface area contributed by atoms with Crippen molar-refractivity contribution in [2.24, 2.45) is 0 Å². The number of benzene rings is 2. The summed E-state index contributed by atoms with van der Waals surface area (Å²) in [6.45, 7) is 0.149. The van der Waals surface area contributed by atoms with Crippen LogP contribution in [0.3, 0.4) is 0 Å². The molecule has 0 bridgehead atoms. The Kier molecular flexibility index (Phi) is 7.93. The zero-order valence-electron chi connectivity index (χ0n) is 15.2. The first-order valence-electron chi connectivity index (χ1n) is 8.76. The summed E-state index contributed by atoms with van der Waals surface area (Å²) >= 11 is 12.0. The van der Waals surface area contributed by atoms with Crippen molar-refractivity contribution in [1.29, 1.82) is 5.41 Å². The summed E-state index contributed by atoms with van der Waals surface area (Å²) < 4.78 is 39.4. The number of nitrogens with one attached hydrogen (secondary N) is 2. The van der Waals surface area contributed by atoms with Crippen LogP contribution in [0, 0.1) is 5.41 Å². The van der Waals surface area contributed by atoms with Crippen LogP contribution in [-0.2, 0) is 17.5 Å². The molecule has 4 nitrogen and oxygen atoms in total. The lowest BCUT2D eigenvalue weighted by Crippen LogP contribution is -2.11. The van der Waals surface area contributed by atoms with Crippen LogP contribution in [0.15, 0.2) is 36.4 Å². The molecular formula is C20H19Cl2F3N2O2. The molecule has 0 aliphatic heterocycles. The highest BCUT2D eigenvalue weighted by Gasteiger charge is 2.31. The number of alkyl halides is 3. The smallest absolute Gasteiger partial charge is 0.416 e. The molecule has 3 N–H and O–H groups in total. The molecule has 0 heterocycles. The summed E-state index contributed by atoms with van der Waals surface area (Å²) in [5.41, 5.74) is 0.443. The molecule has 0 spiro atoms. The predicted molar refractivity (Wildman–Crippen MR) is 108 cm³/mol. The first kappa shape index (κ1) is 23.0. The highest BCUT2D eigenvalue weighted by Crippen LogP contribution is 2.33. The number of halogens is 5. The number of aliphatic carboxylic acids is 1. The van der Waals surface area contributed by atoms with E-state index in [0.717, 1.165) is 12.1 Å². The quantitative estimate of drug-likeness (QED) is 0.298. The molecule has 2 aromatic carbocycles. The van der Waals surface area contributed by atoms with Crippen molar-refractivity contribution >= 4 is 40.6 Å². The van der Waals surface area contributed by atoms with Crippen molar-refractivity contribution < 1.29 is 23.1 Å². The molecule has 0 saturated heterocycles. The fraction of sp³-hybridized carbons (Fsp3) is 0.300. The third-order valence-corrected chi connectivity index (χ3v) is 4.81. The number of carboxylic acid groups (broad SMARTS) is 1. The van der Waals surface area contributed by atoms with Gasteiger partial charge in [-0.1, -0.05) is 35.3 Å². The maximum Gasteiger partial charge on any atom is 0.416 e. The molecule has 0 atom stereocenters. The van der Waals surface area contributed by atoms with Crippen LogP contribution < -0.4 is 5.32 Å². The van der Waals surface area contributed by atoms with Crippen molar-refractivity contribution in [2.75, 3.05) is 5.32 Å². The van der Waals surface area contributed by atoms with Gasteiger partial charge in [-0.15, -0.1) is 0 Å². The summed E-state index contributed by atoms with van der Waals surface area (Å²) in [5.74, 6) is -0.923. The van der Waals surface area contributed by atoms with Gasteiger partial charge in [0, 0.05) is 40.0 Å². The second-order valence-corrected chi connectivity index (χ2v) is 7.27. The molecule has 2 aromatic rings. The first-order chi connectivity index (χ1) is 13.6. The van der Waals surface area contributed by atoms with Crippen LogP contribution >= 0.6 is 23.2 Å². The maximum absolute atomic E-state index is 13.1. The molecule has 0 radical (unpaired) electrons. The van der Waals surface area contributed by atoms with Crippen LogP contribution in [0.1, 0.15) is 42.4 Å². The number of rotatable bonds is 9. The lowest BCUT2D eigenvalue weighted by molar-refractivity contribution is -0.138. The molecule has 0 unspecified atom stereocenters. The van der Waals surface area contributed by atoms with Gasteiger partial charge in [-0.2, -0.15) is 13.2 Å². The van der Waals surface area contributed by atoms with Gasteiger partial charge in [-0.3, -0.25) is 4.79 Å². The Morgan fingerprint density at radius 2 is 1.76 bits per heavy atom. The molecule has 29 heavy (non-hydrogen) atoms. The van der Waals surface area contributed by atoms with E-state index in [9.17, 15) is 18.0 Å². The molecule has 0 amide bonds. The standard InChI is InChI=1S/C20H19Cl2F3N2O2/c21-14-7-5-12(16(22)10-14)11-27-18-9-13(20(23,24)25)6-8-15(18)17(26)3-1-2-4-19(28)29/h5-10,26-27H,1-4,11H2,(H,28,29). The van der Waals surface area contributed by atoms with E-state index in [4.69, 9.17) is 33.7 Å². The molecule has 156 valence electrons. The molecule has 2 rings (SSSR count). The number of carbonyl (C=O) groups is 1. The zero-order chi connectivity index (χ0) is 21.6. The second-order valence-electron chi connectivity index (χ2n) is 6.43. The topological polar surface area (TPSA) is 73.2 Å². The summed E-state index contributed by atoms with van der Waals surface area (Å²) in [4.78, 5) is 10.6. The summed E-state index contributed by atoms with van der Waals surface area (Å²) in [5, 5.41) is 20.7. The van der Waals surface area contributed by atoms with E-state index in [1.165, 1.54) is 12.1 Å². The van der Waals surface area contributed by atoms with Crippen LogP contribution in [0.2, 0.25) is 10.0 Å². The molecule has 0 aliphatic rings. The number of hydrogen-bond donors (Lipinski definition) is 3. The highest BCUT2D eigenvalue weighted by molar-refractivity contribution is 6.35. The van der Waals surface area contributed by atoms with E-state index < -0.39 is 17.7 Å². The van der Waals surface area contributed by atoms with Crippen LogP contribution in [0.25, 0.3) is 0 Å². The van der Waals surface area contributed by atoms with Crippen LogP contribution in [0.5, 0.6) is 0 Å². The SMILES string of the molecule is N=C(CCCCC(=O)O)c1ccc(C(F)(F)F)cc1NCc1ccc(Cl)cc1Cl. The van der Waals surface area contributed by atoms with Gasteiger partial charge in [-0.25, -0.2) is 0 Å². The van der Waals surface area contributed by atoms with Crippen molar-refractivity contribution in [3.63, 3.8) is 0 Å². The third-order valence-electron chi connectivity index (χ3n) is 4.22. The monoisotopic (exact) mass is 446 g/mol. The average Bonchev–Trinajstić information content (AvgIpc) is 2.63. The minimum absolute atomic E-state index is 0.0134. The van der Waals surface area contributed by atoms with Crippen LogP contribution in [-0.4, -0.2) is 16.8 Å². The van der Waals surface area contributed by atoms with Gasteiger partial charge in [0.2, 0.25) is 0 Å². The third kappa shape index (κ3) is 6.94. The lowest BCUT2D eigenvalue weighted by Gasteiger charge is -2.16. The average molecular weight is 447 g/mol. The molecular weight excluding hydrogens is 428 g/mol. The van der Waals surface area contributed by atoms with Gasteiger partial charge < -0.3 is 15.8 Å². The second kappa shape index (κ2) is 9.98. The summed E-state index contributed by atoms with van der Waals surface area (Å²) in [7, 11) is 0. The fourth-order valence-electron chi connectivity index (χ4n) is 2.70. The van der Waals surface area contributed by atoms with Crippen molar-refractivity contribution in [3.8, 4) is 0 Å². The number of anilines is 1. The molecule has 0 aromatic heterocycles. The van der Waals surface area contributed by atoms with E-state index in [1.807, 2.05) is 0 Å². The fourth-order valence-corrected chi connectivity index (χ4v) is 3.17. The van der Waals surface area contributed by atoms with Gasteiger partial charge in [0.05, 0.1) is 5.56 Å². The normalized spacial score (nSPS) is 11.3. The van der Waals surface area contributed by atoms with Crippen LogP contribution in [0.4, 0.5) is 18.9 Å². The van der Waals surface area contributed by atoms with Gasteiger partial charge in [0.25, 0.3) is 0 Å². The van der Waals surface area contributed by atoms with E-state index >= 15 is 0 Å². The Labute approximate surface area is 176 Å². The zero-order valence-corrected chi connectivity index (χ0v) is 16.8.